The number of hydrogen-bond acceptors (Lipinski definition) is 7. The van der Waals surface area contributed by atoms with Crippen LogP contribution in [0.1, 0.15) is 136 Å². The van der Waals surface area contributed by atoms with Crippen LogP contribution in [0.5, 0.6) is 0 Å². The average Bonchev–Trinajstić information content (AvgIpc) is 2.90. The molecular formula is C31H63NO8P+. The van der Waals surface area contributed by atoms with Gasteiger partial charge in [0.2, 0.25) is 0 Å². The van der Waals surface area contributed by atoms with Crippen molar-refractivity contribution in [1.29, 1.82) is 0 Å². The number of unbranched alkanes of at least 4 members (excludes halogenated alkanes) is 15. The van der Waals surface area contributed by atoms with Crippen molar-refractivity contribution in [3.63, 3.8) is 0 Å². The van der Waals surface area contributed by atoms with Crippen LogP contribution >= 0.6 is 7.82 Å². The van der Waals surface area contributed by atoms with Crippen molar-refractivity contribution in [2.24, 2.45) is 0 Å². The largest absolute Gasteiger partial charge is 0.472 e. The zero-order valence-electron chi connectivity index (χ0n) is 27.0. The predicted octanol–water partition coefficient (Wildman–Crippen LogP) is 7.73. The molecule has 2 atom stereocenters. The van der Waals surface area contributed by atoms with E-state index in [1.54, 1.807) is 0 Å². The molecule has 0 aliphatic heterocycles. The maximum absolute atomic E-state index is 12.4. The van der Waals surface area contributed by atoms with E-state index in [9.17, 15) is 19.0 Å². The molecule has 0 saturated heterocycles. The molecule has 0 heterocycles. The highest BCUT2D eigenvalue weighted by Crippen LogP contribution is 2.43. The average molecular weight is 609 g/mol. The number of carbonyl (C=O) groups excluding carboxylic acids is 2. The lowest BCUT2D eigenvalue weighted by molar-refractivity contribution is -0.870. The molecule has 0 amide bonds. The maximum Gasteiger partial charge on any atom is 0.472 e. The van der Waals surface area contributed by atoms with Crippen LogP contribution in [0.15, 0.2) is 0 Å². The highest BCUT2D eigenvalue weighted by molar-refractivity contribution is 7.47. The van der Waals surface area contributed by atoms with E-state index >= 15 is 0 Å². The van der Waals surface area contributed by atoms with Gasteiger partial charge in [-0.05, 0) is 12.8 Å². The van der Waals surface area contributed by atoms with Crippen molar-refractivity contribution in [3.05, 3.63) is 0 Å². The molecule has 0 bridgehead atoms. The summed E-state index contributed by atoms with van der Waals surface area (Å²) >= 11 is 0. The van der Waals surface area contributed by atoms with Gasteiger partial charge in [-0.15, -0.1) is 0 Å². The number of rotatable bonds is 29. The molecule has 41 heavy (non-hydrogen) atoms. The van der Waals surface area contributed by atoms with Crippen molar-refractivity contribution in [2.45, 2.75) is 142 Å². The van der Waals surface area contributed by atoms with Crippen LogP contribution in [-0.4, -0.2) is 74.9 Å². The molecule has 0 aromatic heterocycles. The van der Waals surface area contributed by atoms with Crippen LogP contribution in [0.2, 0.25) is 0 Å². The molecule has 0 aromatic rings. The van der Waals surface area contributed by atoms with Crippen LogP contribution in [0, 0.1) is 0 Å². The Morgan fingerprint density at radius 2 is 1.12 bits per heavy atom. The number of ether oxygens (including phenoxy) is 2. The summed E-state index contributed by atoms with van der Waals surface area (Å²) in [7, 11) is 1.48. The second kappa shape index (κ2) is 25.5. The van der Waals surface area contributed by atoms with Gasteiger partial charge >= 0.3 is 19.8 Å². The van der Waals surface area contributed by atoms with Crippen LogP contribution in [-0.2, 0) is 32.7 Å². The van der Waals surface area contributed by atoms with Gasteiger partial charge in [-0.1, -0.05) is 110 Å². The smallest absolute Gasteiger partial charge is 0.462 e. The molecule has 0 aliphatic carbocycles. The Kier molecular flexibility index (Phi) is 24.9. The van der Waals surface area contributed by atoms with Crippen LogP contribution < -0.4 is 0 Å². The van der Waals surface area contributed by atoms with E-state index < -0.39 is 32.5 Å². The molecule has 9 nitrogen and oxygen atoms in total. The fourth-order valence-corrected chi connectivity index (χ4v) is 4.97. The van der Waals surface area contributed by atoms with Crippen molar-refractivity contribution in [2.75, 3.05) is 47.5 Å². The summed E-state index contributed by atoms with van der Waals surface area (Å²) in [5.74, 6) is -0.835. The van der Waals surface area contributed by atoms with Crippen LogP contribution in [0.3, 0.4) is 0 Å². The first-order chi connectivity index (χ1) is 19.5. The Morgan fingerprint density at radius 1 is 0.659 bits per heavy atom. The molecule has 0 radical (unpaired) electrons. The molecule has 0 aromatic carbocycles. The Hall–Kier alpha value is -0.990. The first-order valence-electron chi connectivity index (χ1n) is 16.3. The van der Waals surface area contributed by atoms with Gasteiger partial charge in [0.1, 0.15) is 19.8 Å². The third kappa shape index (κ3) is 28.9. The highest BCUT2D eigenvalue weighted by Gasteiger charge is 2.27. The monoisotopic (exact) mass is 608 g/mol. The fraction of sp³-hybridized carbons (Fsp3) is 0.935. The molecule has 0 spiro atoms. The fourth-order valence-electron chi connectivity index (χ4n) is 4.23. The second-order valence-corrected chi connectivity index (χ2v) is 13.7. The third-order valence-electron chi connectivity index (χ3n) is 6.89. The summed E-state index contributed by atoms with van der Waals surface area (Å²) in [6.07, 6.45) is 19.8. The molecule has 0 saturated carbocycles. The van der Waals surface area contributed by atoms with Gasteiger partial charge in [0.25, 0.3) is 0 Å². The van der Waals surface area contributed by atoms with E-state index in [2.05, 4.69) is 6.92 Å². The quantitative estimate of drug-likeness (QED) is 0.0398. The summed E-state index contributed by atoms with van der Waals surface area (Å²) in [5, 5.41) is 0. The van der Waals surface area contributed by atoms with E-state index in [-0.39, 0.29) is 26.1 Å². The molecule has 1 N–H and O–H groups in total. The highest BCUT2D eigenvalue weighted by atomic mass is 31.2. The first kappa shape index (κ1) is 40.0. The molecule has 0 rings (SSSR count). The van der Waals surface area contributed by atoms with Gasteiger partial charge in [-0.3, -0.25) is 18.6 Å². The first-order valence-corrected chi connectivity index (χ1v) is 17.8. The summed E-state index contributed by atoms with van der Waals surface area (Å²) < 4.78 is 33.6. The van der Waals surface area contributed by atoms with Crippen molar-refractivity contribution in [1.82, 2.24) is 0 Å². The topological polar surface area (TPSA) is 108 Å². The number of phosphoric acid groups is 1. The van der Waals surface area contributed by atoms with Gasteiger partial charge in [-0.25, -0.2) is 4.57 Å². The summed E-state index contributed by atoms with van der Waals surface area (Å²) in [5.41, 5.74) is 0. The normalized spacial score (nSPS) is 14.0. The van der Waals surface area contributed by atoms with Crippen LogP contribution in [0.25, 0.3) is 0 Å². The standard InChI is InChI=1S/C31H62NO8P/c1-6-8-10-11-12-13-14-15-16-17-18-19-20-21-22-24-31(34)40-29(27-37-30(33)23-9-7-2)28-39-41(35,36)38-26-25-32(3,4)5/h29H,6-28H2,1-5H3/p+1. The van der Waals surface area contributed by atoms with E-state index in [0.717, 1.165) is 19.3 Å². The lowest BCUT2D eigenvalue weighted by Gasteiger charge is -2.24. The SMILES string of the molecule is CCCCCCCCCCCCCCCCCC(=O)OC(COC(=O)CCCC)COP(=O)(O)OCC[N+](C)(C)C. The maximum atomic E-state index is 12.4. The number of carbonyl (C=O) groups is 2. The molecular weight excluding hydrogens is 545 g/mol. The lowest BCUT2D eigenvalue weighted by atomic mass is 10.0. The van der Waals surface area contributed by atoms with Gasteiger partial charge in [0.15, 0.2) is 6.10 Å². The van der Waals surface area contributed by atoms with Gasteiger partial charge in [0.05, 0.1) is 27.7 Å². The van der Waals surface area contributed by atoms with Crippen molar-refractivity contribution >= 4 is 19.8 Å². The number of hydrogen-bond donors (Lipinski definition) is 1. The van der Waals surface area contributed by atoms with E-state index in [0.29, 0.717) is 23.9 Å². The Balaban J connectivity index is 4.21. The Bertz CT molecular complexity index is 698. The van der Waals surface area contributed by atoms with Gasteiger partial charge < -0.3 is 18.9 Å². The lowest BCUT2D eigenvalue weighted by Crippen LogP contribution is -2.37. The molecule has 10 heteroatoms. The van der Waals surface area contributed by atoms with E-state index in [1.165, 1.54) is 77.0 Å². The van der Waals surface area contributed by atoms with Crippen molar-refractivity contribution in [3.8, 4) is 0 Å². The second-order valence-electron chi connectivity index (χ2n) is 12.2. The minimum atomic E-state index is -4.34. The van der Waals surface area contributed by atoms with Gasteiger partial charge in [-0.2, -0.15) is 0 Å². The predicted molar refractivity (Wildman–Crippen MR) is 165 cm³/mol. The number of quaternary nitrogens is 1. The number of esters is 2. The minimum Gasteiger partial charge on any atom is -0.462 e. The number of phosphoric ester groups is 1. The Morgan fingerprint density at radius 3 is 1.61 bits per heavy atom. The molecule has 0 aliphatic rings. The Labute approximate surface area is 251 Å². The molecule has 0 fully saturated rings. The zero-order chi connectivity index (χ0) is 30.8. The summed E-state index contributed by atoms with van der Waals surface area (Å²) in [4.78, 5) is 34.3. The van der Waals surface area contributed by atoms with Gasteiger partial charge in [0, 0.05) is 12.8 Å². The minimum absolute atomic E-state index is 0.0347. The number of nitrogens with zero attached hydrogens (tertiary/aromatic N) is 1. The van der Waals surface area contributed by atoms with Crippen molar-refractivity contribution < 1.29 is 42.1 Å². The molecule has 244 valence electrons. The molecule has 2 unspecified atom stereocenters. The number of likely N-dealkylation sites (N-methyl/N-ethyl adjacent to an activating group) is 1. The zero-order valence-corrected chi connectivity index (χ0v) is 27.9. The van der Waals surface area contributed by atoms with E-state index in [4.69, 9.17) is 18.5 Å². The third-order valence-corrected chi connectivity index (χ3v) is 7.87. The summed E-state index contributed by atoms with van der Waals surface area (Å²) in [6.45, 7) is 4.15. The van der Waals surface area contributed by atoms with E-state index in [1.807, 2.05) is 28.1 Å². The van der Waals surface area contributed by atoms with Crippen LogP contribution in [0.4, 0.5) is 0 Å². The summed E-state index contributed by atoms with van der Waals surface area (Å²) in [6, 6.07) is 0.